The minimum atomic E-state index is -0.691. The van der Waals surface area contributed by atoms with Crippen LogP contribution in [-0.2, 0) is 13.0 Å². The second kappa shape index (κ2) is 4.94. The van der Waals surface area contributed by atoms with Gasteiger partial charge in [-0.15, -0.1) is 0 Å². The molecule has 17 heavy (non-hydrogen) atoms. The summed E-state index contributed by atoms with van der Waals surface area (Å²) in [6.45, 7) is 4.74. The maximum Gasteiger partial charge on any atom is 0.193 e. The second-order valence-electron chi connectivity index (χ2n) is 3.95. The van der Waals surface area contributed by atoms with Crippen LogP contribution in [0.1, 0.15) is 30.2 Å². The first-order valence-corrected chi connectivity index (χ1v) is 5.94. The van der Waals surface area contributed by atoms with E-state index < -0.39 is 6.10 Å². The average molecular weight is 255 g/mol. The molecule has 92 valence electrons. The number of nitrogens with zero attached hydrogens (tertiary/aromatic N) is 2. The van der Waals surface area contributed by atoms with Gasteiger partial charge in [0, 0.05) is 18.7 Å². The Kier molecular flexibility index (Phi) is 3.54. The fraction of sp³-hybridized carbons (Fsp3) is 0.417. The first kappa shape index (κ1) is 12.2. The molecule has 0 radical (unpaired) electrons. The predicted octanol–water partition coefficient (Wildman–Crippen LogP) is 2.73. The fourth-order valence-electron chi connectivity index (χ4n) is 1.84. The molecule has 2 heterocycles. The maximum absolute atomic E-state index is 10.0. The van der Waals surface area contributed by atoms with Crippen molar-refractivity contribution < 1.29 is 9.52 Å². The van der Waals surface area contributed by atoms with Gasteiger partial charge in [0.05, 0.1) is 5.69 Å². The highest BCUT2D eigenvalue weighted by molar-refractivity contribution is 6.28. The van der Waals surface area contributed by atoms with Gasteiger partial charge in [0.25, 0.3) is 0 Å². The molecule has 1 atom stereocenters. The number of hydrogen-bond acceptors (Lipinski definition) is 3. The van der Waals surface area contributed by atoms with Crippen molar-refractivity contribution in [3.63, 3.8) is 0 Å². The molecule has 0 aliphatic rings. The minimum Gasteiger partial charge on any atom is -0.447 e. The molecule has 0 fully saturated rings. The molecule has 2 rings (SSSR count). The van der Waals surface area contributed by atoms with Gasteiger partial charge >= 0.3 is 0 Å². The number of aryl methyl sites for hydroxylation is 2. The SMILES string of the molecule is CCn1nc(C)cc1CC(O)c1ccc(Cl)o1. The van der Waals surface area contributed by atoms with Crippen LogP contribution in [0.15, 0.2) is 22.6 Å². The van der Waals surface area contributed by atoms with Gasteiger partial charge in [-0.2, -0.15) is 5.10 Å². The lowest BCUT2D eigenvalue weighted by atomic mass is 10.1. The third-order valence-electron chi connectivity index (χ3n) is 2.61. The van der Waals surface area contributed by atoms with Crippen molar-refractivity contribution in [1.82, 2.24) is 9.78 Å². The van der Waals surface area contributed by atoms with E-state index in [0.717, 1.165) is 17.9 Å². The monoisotopic (exact) mass is 254 g/mol. The highest BCUT2D eigenvalue weighted by Crippen LogP contribution is 2.23. The van der Waals surface area contributed by atoms with Gasteiger partial charge in [-0.3, -0.25) is 4.68 Å². The van der Waals surface area contributed by atoms with E-state index in [-0.39, 0.29) is 0 Å². The van der Waals surface area contributed by atoms with Crippen LogP contribution in [0.3, 0.4) is 0 Å². The highest BCUT2D eigenvalue weighted by Gasteiger charge is 2.15. The molecular formula is C12H15ClN2O2. The Balaban J connectivity index is 2.14. The predicted molar refractivity (Wildman–Crippen MR) is 65.0 cm³/mol. The zero-order chi connectivity index (χ0) is 12.4. The zero-order valence-corrected chi connectivity index (χ0v) is 10.6. The molecule has 0 saturated heterocycles. The number of aliphatic hydroxyl groups is 1. The van der Waals surface area contributed by atoms with Crippen molar-refractivity contribution >= 4 is 11.6 Å². The van der Waals surface area contributed by atoms with Gasteiger partial charge < -0.3 is 9.52 Å². The third kappa shape index (κ3) is 2.70. The summed E-state index contributed by atoms with van der Waals surface area (Å²) in [6, 6.07) is 5.28. The van der Waals surface area contributed by atoms with Crippen LogP contribution in [-0.4, -0.2) is 14.9 Å². The molecule has 0 bridgehead atoms. The summed E-state index contributed by atoms with van der Waals surface area (Å²) in [4.78, 5) is 0. The number of aliphatic hydroxyl groups excluding tert-OH is 1. The molecule has 5 heteroatoms. The number of halogens is 1. The number of aromatic nitrogens is 2. The van der Waals surface area contributed by atoms with Crippen LogP contribution < -0.4 is 0 Å². The van der Waals surface area contributed by atoms with Gasteiger partial charge in [0.15, 0.2) is 5.22 Å². The Bertz CT molecular complexity index is 504. The fourth-order valence-corrected chi connectivity index (χ4v) is 2.00. The molecule has 0 aliphatic heterocycles. The quantitative estimate of drug-likeness (QED) is 0.913. The van der Waals surface area contributed by atoms with Crippen LogP contribution in [0.4, 0.5) is 0 Å². The van der Waals surface area contributed by atoms with Crippen LogP contribution in [0, 0.1) is 6.92 Å². The summed E-state index contributed by atoms with van der Waals surface area (Å²) >= 11 is 5.67. The van der Waals surface area contributed by atoms with Crippen LogP contribution in [0.2, 0.25) is 5.22 Å². The van der Waals surface area contributed by atoms with Crippen LogP contribution in [0.5, 0.6) is 0 Å². The van der Waals surface area contributed by atoms with Gasteiger partial charge in [-0.25, -0.2) is 0 Å². The Hall–Kier alpha value is -1.26. The van der Waals surface area contributed by atoms with E-state index in [2.05, 4.69) is 5.10 Å². The van der Waals surface area contributed by atoms with Crippen molar-refractivity contribution in [2.45, 2.75) is 32.9 Å². The minimum absolute atomic E-state index is 0.291. The zero-order valence-electron chi connectivity index (χ0n) is 9.85. The van der Waals surface area contributed by atoms with E-state index >= 15 is 0 Å². The lowest BCUT2D eigenvalue weighted by Crippen LogP contribution is -2.07. The normalized spacial score (nSPS) is 12.9. The van der Waals surface area contributed by atoms with Gasteiger partial charge in [-0.1, -0.05) is 0 Å². The standard InChI is InChI=1S/C12H15ClN2O2/c1-3-15-9(6-8(2)14-15)7-10(16)11-4-5-12(13)17-11/h4-6,10,16H,3,7H2,1-2H3. The molecule has 0 aliphatic carbocycles. The van der Waals surface area contributed by atoms with Gasteiger partial charge in [0.1, 0.15) is 11.9 Å². The largest absolute Gasteiger partial charge is 0.447 e. The van der Waals surface area contributed by atoms with E-state index in [1.807, 2.05) is 24.6 Å². The summed E-state index contributed by atoms with van der Waals surface area (Å²) in [5, 5.41) is 14.6. The van der Waals surface area contributed by atoms with Gasteiger partial charge in [0.2, 0.25) is 0 Å². The molecule has 4 nitrogen and oxygen atoms in total. The summed E-state index contributed by atoms with van der Waals surface area (Å²) < 4.78 is 7.06. The molecule has 0 spiro atoms. The van der Waals surface area contributed by atoms with Gasteiger partial charge in [-0.05, 0) is 43.6 Å². The second-order valence-corrected chi connectivity index (χ2v) is 4.33. The highest BCUT2D eigenvalue weighted by atomic mass is 35.5. The molecule has 1 N–H and O–H groups in total. The Morgan fingerprint density at radius 2 is 2.29 bits per heavy atom. The van der Waals surface area contributed by atoms with Crippen molar-refractivity contribution in [2.24, 2.45) is 0 Å². The van der Waals surface area contributed by atoms with E-state index in [0.29, 0.717) is 17.4 Å². The Labute approximate surface area is 105 Å². The first-order chi connectivity index (χ1) is 8.10. The molecule has 0 amide bonds. The molecule has 1 unspecified atom stereocenters. The molecule has 0 saturated carbocycles. The van der Waals surface area contributed by atoms with E-state index in [4.69, 9.17) is 16.0 Å². The number of furan rings is 1. The van der Waals surface area contributed by atoms with Crippen LogP contribution in [0.25, 0.3) is 0 Å². The molecular weight excluding hydrogens is 240 g/mol. The average Bonchev–Trinajstić information content (AvgIpc) is 2.85. The van der Waals surface area contributed by atoms with E-state index in [1.54, 1.807) is 12.1 Å². The van der Waals surface area contributed by atoms with Crippen LogP contribution >= 0.6 is 11.6 Å². The Morgan fingerprint density at radius 3 is 2.88 bits per heavy atom. The molecule has 2 aromatic heterocycles. The summed E-state index contributed by atoms with van der Waals surface area (Å²) in [7, 11) is 0. The van der Waals surface area contributed by atoms with Crippen molar-refractivity contribution in [3.05, 3.63) is 40.6 Å². The van der Waals surface area contributed by atoms with Crippen molar-refractivity contribution in [3.8, 4) is 0 Å². The molecule has 2 aromatic rings. The van der Waals surface area contributed by atoms with Crippen molar-refractivity contribution in [2.75, 3.05) is 0 Å². The lowest BCUT2D eigenvalue weighted by molar-refractivity contribution is 0.147. The smallest absolute Gasteiger partial charge is 0.193 e. The number of rotatable bonds is 4. The summed E-state index contributed by atoms with van der Waals surface area (Å²) in [5.41, 5.74) is 1.94. The summed E-state index contributed by atoms with van der Waals surface area (Å²) in [6.07, 6.45) is -0.220. The third-order valence-corrected chi connectivity index (χ3v) is 2.81. The summed E-state index contributed by atoms with van der Waals surface area (Å²) in [5.74, 6) is 0.483. The van der Waals surface area contributed by atoms with E-state index in [1.165, 1.54) is 0 Å². The Morgan fingerprint density at radius 1 is 1.53 bits per heavy atom. The topological polar surface area (TPSA) is 51.2 Å². The van der Waals surface area contributed by atoms with E-state index in [9.17, 15) is 5.11 Å². The number of hydrogen-bond donors (Lipinski definition) is 1. The first-order valence-electron chi connectivity index (χ1n) is 5.56. The maximum atomic E-state index is 10.0. The van der Waals surface area contributed by atoms with Crippen molar-refractivity contribution in [1.29, 1.82) is 0 Å². The molecule has 0 aromatic carbocycles. The lowest BCUT2D eigenvalue weighted by Gasteiger charge is -2.08.